The van der Waals surface area contributed by atoms with Crippen molar-refractivity contribution in [3.8, 4) is 5.75 Å². The molecule has 1 aliphatic rings. The van der Waals surface area contributed by atoms with Crippen LogP contribution in [0.1, 0.15) is 19.3 Å². The number of ether oxygens (including phenoxy) is 1. The number of benzene rings is 2. The SMILES string of the molecule is O=c1ccc2ccc(OCCCCC3CN(c4cccc5sccc45)CCN3)cc2[nH]1. The number of nitrogens with zero attached hydrogens (tertiary/aromatic N) is 1. The van der Waals surface area contributed by atoms with Crippen LogP contribution >= 0.6 is 11.3 Å². The lowest BCUT2D eigenvalue weighted by Gasteiger charge is -2.35. The normalized spacial score (nSPS) is 16.8. The molecule has 0 spiro atoms. The molecule has 1 fully saturated rings. The van der Waals surface area contributed by atoms with E-state index in [4.69, 9.17) is 4.74 Å². The highest BCUT2D eigenvalue weighted by molar-refractivity contribution is 7.17. The van der Waals surface area contributed by atoms with Crippen molar-refractivity contribution in [2.45, 2.75) is 25.3 Å². The molecule has 2 N–H and O–H groups in total. The Hall–Kier alpha value is -2.83. The highest BCUT2D eigenvalue weighted by Gasteiger charge is 2.20. The van der Waals surface area contributed by atoms with Crippen molar-refractivity contribution in [1.29, 1.82) is 0 Å². The van der Waals surface area contributed by atoms with Gasteiger partial charge in [0.15, 0.2) is 0 Å². The van der Waals surface area contributed by atoms with Gasteiger partial charge in [0.2, 0.25) is 5.56 Å². The molecule has 0 saturated carbocycles. The quantitative estimate of drug-likeness (QED) is 0.412. The molecule has 1 saturated heterocycles. The first-order valence-corrected chi connectivity index (χ1v) is 11.8. The fourth-order valence-electron chi connectivity index (χ4n) is 4.39. The minimum atomic E-state index is -0.0890. The first kappa shape index (κ1) is 20.1. The Kier molecular flexibility index (Phi) is 5.91. The van der Waals surface area contributed by atoms with Gasteiger partial charge >= 0.3 is 0 Å². The molecule has 31 heavy (non-hydrogen) atoms. The number of piperazine rings is 1. The Labute approximate surface area is 185 Å². The molecule has 2 aromatic carbocycles. The van der Waals surface area contributed by atoms with Gasteiger partial charge in [-0.25, -0.2) is 0 Å². The maximum Gasteiger partial charge on any atom is 0.248 e. The minimum absolute atomic E-state index is 0.0890. The zero-order valence-electron chi connectivity index (χ0n) is 17.5. The fourth-order valence-corrected chi connectivity index (χ4v) is 5.20. The third-order valence-corrected chi connectivity index (χ3v) is 6.86. The van der Waals surface area contributed by atoms with E-state index in [1.807, 2.05) is 35.6 Å². The van der Waals surface area contributed by atoms with Crippen LogP contribution in [0.3, 0.4) is 0 Å². The molecule has 3 heterocycles. The van der Waals surface area contributed by atoms with E-state index in [-0.39, 0.29) is 5.56 Å². The standard InChI is InChI=1S/C25H27N3O2S/c29-25-10-8-18-7-9-20(16-22(18)27-25)30-14-2-1-4-19-17-28(13-12-26-19)23-5-3-6-24-21(23)11-15-31-24/h3,5-11,15-16,19,26H,1-2,4,12-14,17H2,(H,27,29). The van der Waals surface area contributed by atoms with Gasteiger partial charge in [0.25, 0.3) is 0 Å². The summed E-state index contributed by atoms with van der Waals surface area (Å²) in [7, 11) is 0. The second kappa shape index (κ2) is 9.12. The number of hydrogen-bond donors (Lipinski definition) is 2. The first-order valence-electron chi connectivity index (χ1n) is 11.0. The molecule has 0 radical (unpaired) electrons. The number of aromatic nitrogens is 1. The number of anilines is 1. The van der Waals surface area contributed by atoms with Crippen LogP contribution in [-0.4, -0.2) is 37.3 Å². The van der Waals surface area contributed by atoms with E-state index in [2.05, 4.69) is 44.8 Å². The number of unbranched alkanes of at least 4 members (excludes halogenated alkanes) is 1. The summed E-state index contributed by atoms with van der Waals surface area (Å²) in [6.07, 6.45) is 3.28. The molecule has 6 heteroatoms. The summed E-state index contributed by atoms with van der Waals surface area (Å²) in [4.78, 5) is 16.9. The topological polar surface area (TPSA) is 57.4 Å². The van der Waals surface area contributed by atoms with Crippen LogP contribution < -0.4 is 20.5 Å². The summed E-state index contributed by atoms with van der Waals surface area (Å²) >= 11 is 1.81. The molecule has 0 amide bonds. The predicted octanol–water partition coefficient (Wildman–Crippen LogP) is 4.77. The minimum Gasteiger partial charge on any atom is -0.494 e. The Morgan fingerprint density at radius 1 is 1.10 bits per heavy atom. The summed E-state index contributed by atoms with van der Waals surface area (Å²) in [6, 6.07) is 18.6. The van der Waals surface area contributed by atoms with Gasteiger partial charge in [0.1, 0.15) is 5.75 Å². The highest BCUT2D eigenvalue weighted by atomic mass is 32.1. The van der Waals surface area contributed by atoms with Crippen LogP contribution in [0.15, 0.2) is 64.8 Å². The van der Waals surface area contributed by atoms with E-state index in [0.717, 1.165) is 55.5 Å². The number of pyridine rings is 1. The van der Waals surface area contributed by atoms with Crippen LogP contribution in [0.5, 0.6) is 5.75 Å². The molecule has 1 aliphatic heterocycles. The van der Waals surface area contributed by atoms with Gasteiger partial charge in [-0.3, -0.25) is 4.79 Å². The van der Waals surface area contributed by atoms with Gasteiger partial charge < -0.3 is 19.9 Å². The van der Waals surface area contributed by atoms with Gasteiger partial charge in [-0.2, -0.15) is 0 Å². The van der Waals surface area contributed by atoms with Crippen molar-refractivity contribution in [3.05, 3.63) is 70.3 Å². The summed E-state index contributed by atoms with van der Waals surface area (Å²) < 4.78 is 7.28. The van der Waals surface area contributed by atoms with Crippen LogP contribution in [0.2, 0.25) is 0 Å². The first-order chi connectivity index (χ1) is 15.3. The van der Waals surface area contributed by atoms with Crippen molar-refractivity contribution in [2.24, 2.45) is 0 Å². The molecule has 0 aliphatic carbocycles. The molecule has 2 aromatic heterocycles. The second-order valence-electron chi connectivity index (χ2n) is 8.12. The van der Waals surface area contributed by atoms with Crippen molar-refractivity contribution < 1.29 is 4.74 Å². The van der Waals surface area contributed by atoms with E-state index < -0.39 is 0 Å². The van der Waals surface area contributed by atoms with Crippen LogP contribution in [-0.2, 0) is 0 Å². The maximum absolute atomic E-state index is 11.5. The van der Waals surface area contributed by atoms with Gasteiger partial charge in [-0.15, -0.1) is 11.3 Å². The molecular formula is C25H27N3O2S. The van der Waals surface area contributed by atoms with Gasteiger partial charge in [-0.1, -0.05) is 6.07 Å². The fraction of sp³-hybridized carbons (Fsp3) is 0.320. The van der Waals surface area contributed by atoms with Crippen LogP contribution in [0, 0.1) is 0 Å². The summed E-state index contributed by atoms with van der Waals surface area (Å²) in [5.41, 5.74) is 2.09. The number of rotatable bonds is 7. The highest BCUT2D eigenvalue weighted by Crippen LogP contribution is 2.31. The van der Waals surface area contributed by atoms with Crippen LogP contribution in [0.25, 0.3) is 21.0 Å². The smallest absolute Gasteiger partial charge is 0.248 e. The van der Waals surface area contributed by atoms with Gasteiger partial charge in [0, 0.05) is 53.6 Å². The summed E-state index contributed by atoms with van der Waals surface area (Å²) in [5.74, 6) is 0.806. The third kappa shape index (κ3) is 4.60. The molecule has 5 nitrogen and oxygen atoms in total. The number of fused-ring (bicyclic) bond motifs is 2. The van der Waals surface area contributed by atoms with Gasteiger partial charge in [-0.05, 0) is 66.4 Å². The van der Waals surface area contributed by atoms with Crippen molar-refractivity contribution in [1.82, 2.24) is 10.3 Å². The average Bonchev–Trinajstić information content (AvgIpc) is 3.28. The predicted molar refractivity (Wildman–Crippen MR) is 130 cm³/mol. The van der Waals surface area contributed by atoms with Crippen molar-refractivity contribution >= 4 is 38.0 Å². The van der Waals surface area contributed by atoms with Crippen molar-refractivity contribution in [3.63, 3.8) is 0 Å². The lowest BCUT2D eigenvalue weighted by Crippen LogP contribution is -2.50. The number of aromatic amines is 1. The monoisotopic (exact) mass is 433 g/mol. The second-order valence-corrected chi connectivity index (χ2v) is 9.07. The zero-order chi connectivity index (χ0) is 21.0. The largest absolute Gasteiger partial charge is 0.494 e. The third-order valence-electron chi connectivity index (χ3n) is 5.98. The Balaban J connectivity index is 1.11. The molecule has 160 valence electrons. The molecule has 5 rings (SSSR count). The zero-order valence-corrected chi connectivity index (χ0v) is 18.3. The van der Waals surface area contributed by atoms with E-state index in [1.165, 1.54) is 15.8 Å². The van der Waals surface area contributed by atoms with E-state index in [0.29, 0.717) is 12.6 Å². The summed E-state index contributed by atoms with van der Waals surface area (Å²) in [6.45, 7) is 3.82. The molecule has 4 aromatic rings. The Morgan fingerprint density at radius 3 is 3.00 bits per heavy atom. The number of thiophene rings is 1. The van der Waals surface area contributed by atoms with E-state index in [9.17, 15) is 4.79 Å². The van der Waals surface area contributed by atoms with Crippen molar-refractivity contribution in [2.75, 3.05) is 31.1 Å². The molecule has 1 unspecified atom stereocenters. The molecule has 0 bridgehead atoms. The van der Waals surface area contributed by atoms with Gasteiger partial charge in [0.05, 0.1) is 12.1 Å². The molecular weight excluding hydrogens is 406 g/mol. The van der Waals surface area contributed by atoms with E-state index in [1.54, 1.807) is 6.07 Å². The lowest BCUT2D eigenvalue weighted by molar-refractivity contribution is 0.299. The van der Waals surface area contributed by atoms with Crippen LogP contribution in [0.4, 0.5) is 5.69 Å². The number of H-pyrrole nitrogens is 1. The molecule has 1 atom stereocenters. The maximum atomic E-state index is 11.5. The Morgan fingerprint density at radius 2 is 2.03 bits per heavy atom. The lowest BCUT2D eigenvalue weighted by atomic mass is 10.1. The number of hydrogen-bond acceptors (Lipinski definition) is 5. The summed E-state index contributed by atoms with van der Waals surface area (Å²) in [5, 5.41) is 8.25. The van der Waals surface area contributed by atoms with E-state index >= 15 is 0 Å². The number of nitrogens with one attached hydrogen (secondary N) is 2. The Bertz CT molecular complexity index is 1230. The average molecular weight is 434 g/mol.